The summed E-state index contributed by atoms with van der Waals surface area (Å²) in [5.41, 5.74) is -0.0358. The third-order valence-electron chi connectivity index (χ3n) is 5.75. The fourth-order valence-corrected chi connectivity index (χ4v) is 5.13. The molecular weight excluding hydrogens is 238 g/mol. The number of carbonyl (C=O) groups is 1. The highest BCUT2D eigenvalue weighted by Gasteiger charge is 2.54. The predicted octanol–water partition coefficient (Wildman–Crippen LogP) is 2.48. The van der Waals surface area contributed by atoms with Crippen LogP contribution in [-0.4, -0.2) is 23.7 Å². The number of rotatable bonds is 5. The normalized spacial score (nSPS) is 41.3. The summed E-state index contributed by atoms with van der Waals surface area (Å²) in [5, 5.41) is 12.7. The average molecular weight is 265 g/mol. The standard InChI is InChI=1S/C16H27NO2/c1-2-14(18)3-4-17-15(19)16-8-11-5-12(9-16)7-13(6-11)10-16/h11-14,18H,2-10H2,1H3,(H,17,19). The minimum Gasteiger partial charge on any atom is -0.393 e. The summed E-state index contributed by atoms with van der Waals surface area (Å²) in [7, 11) is 0. The van der Waals surface area contributed by atoms with Gasteiger partial charge in [-0.3, -0.25) is 4.79 Å². The number of nitrogens with one attached hydrogen (secondary N) is 1. The number of aliphatic hydroxyl groups is 1. The second-order valence-electron chi connectivity index (χ2n) is 7.30. The molecule has 0 aliphatic heterocycles. The molecule has 3 heteroatoms. The van der Waals surface area contributed by atoms with Crippen LogP contribution < -0.4 is 5.32 Å². The maximum Gasteiger partial charge on any atom is 0.226 e. The van der Waals surface area contributed by atoms with Crippen LogP contribution in [0.5, 0.6) is 0 Å². The zero-order chi connectivity index (χ0) is 13.5. The van der Waals surface area contributed by atoms with E-state index in [0.717, 1.165) is 43.4 Å². The van der Waals surface area contributed by atoms with Gasteiger partial charge in [0, 0.05) is 12.0 Å². The molecule has 0 heterocycles. The molecule has 4 rings (SSSR count). The van der Waals surface area contributed by atoms with Crippen LogP contribution in [0.4, 0.5) is 0 Å². The molecule has 0 radical (unpaired) electrons. The first-order valence-corrected chi connectivity index (χ1v) is 8.07. The van der Waals surface area contributed by atoms with E-state index in [-0.39, 0.29) is 17.4 Å². The Hall–Kier alpha value is -0.570. The van der Waals surface area contributed by atoms with Crippen molar-refractivity contribution in [2.24, 2.45) is 23.2 Å². The van der Waals surface area contributed by atoms with Crippen molar-refractivity contribution in [3.8, 4) is 0 Å². The van der Waals surface area contributed by atoms with Crippen molar-refractivity contribution in [3.05, 3.63) is 0 Å². The van der Waals surface area contributed by atoms with Crippen LogP contribution in [0.1, 0.15) is 58.3 Å². The number of hydrogen-bond acceptors (Lipinski definition) is 2. The lowest BCUT2D eigenvalue weighted by atomic mass is 9.49. The van der Waals surface area contributed by atoms with Gasteiger partial charge in [-0.05, 0) is 69.1 Å². The Bertz CT molecular complexity index is 317. The van der Waals surface area contributed by atoms with E-state index in [1.54, 1.807) is 0 Å². The summed E-state index contributed by atoms with van der Waals surface area (Å²) in [6, 6.07) is 0. The molecule has 0 saturated heterocycles. The van der Waals surface area contributed by atoms with Crippen LogP contribution in [0.25, 0.3) is 0 Å². The minimum absolute atomic E-state index is 0.0358. The van der Waals surface area contributed by atoms with Crippen molar-refractivity contribution in [3.63, 3.8) is 0 Å². The Morgan fingerprint density at radius 1 is 1.21 bits per heavy atom. The van der Waals surface area contributed by atoms with Crippen LogP contribution in [-0.2, 0) is 4.79 Å². The van der Waals surface area contributed by atoms with Crippen molar-refractivity contribution < 1.29 is 9.90 Å². The summed E-state index contributed by atoms with van der Waals surface area (Å²) in [4.78, 5) is 12.6. The van der Waals surface area contributed by atoms with Gasteiger partial charge in [-0.15, -0.1) is 0 Å². The minimum atomic E-state index is -0.267. The summed E-state index contributed by atoms with van der Waals surface area (Å²) < 4.78 is 0. The largest absolute Gasteiger partial charge is 0.393 e. The molecule has 0 aromatic rings. The molecule has 4 aliphatic carbocycles. The van der Waals surface area contributed by atoms with Crippen molar-refractivity contribution in [2.75, 3.05) is 6.54 Å². The molecular formula is C16H27NO2. The monoisotopic (exact) mass is 265 g/mol. The zero-order valence-corrected chi connectivity index (χ0v) is 12.0. The van der Waals surface area contributed by atoms with Crippen molar-refractivity contribution in [1.82, 2.24) is 5.32 Å². The topological polar surface area (TPSA) is 49.3 Å². The SMILES string of the molecule is CCC(O)CCNC(=O)C12CC3CC(CC(C3)C1)C2. The smallest absolute Gasteiger partial charge is 0.226 e. The molecule has 4 bridgehead atoms. The third-order valence-corrected chi connectivity index (χ3v) is 5.75. The molecule has 1 atom stereocenters. The van der Waals surface area contributed by atoms with Crippen LogP contribution in [0.3, 0.4) is 0 Å². The molecule has 4 fully saturated rings. The fraction of sp³-hybridized carbons (Fsp3) is 0.938. The van der Waals surface area contributed by atoms with Crippen molar-refractivity contribution in [1.29, 1.82) is 0 Å². The second kappa shape index (κ2) is 5.08. The highest BCUT2D eigenvalue weighted by Crippen LogP contribution is 2.60. The van der Waals surface area contributed by atoms with Gasteiger partial charge < -0.3 is 10.4 Å². The molecule has 4 aliphatic rings. The highest BCUT2D eigenvalue weighted by atomic mass is 16.3. The van der Waals surface area contributed by atoms with Gasteiger partial charge in [0.05, 0.1) is 6.10 Å². The van der Waals surface area contributed by atoms with Crippen LogP contribution in [0, 0.1) is 23.2 Å². The van der Waals surface area contributed by atoms with Crippen LogP contribution >= 0.6 is 0 Å². The first kappa shape index (κ1) is 13.4. The molecule has 1 amide bonds. The van der Waals surface area contributed by atoms with Gasteiger partial charge in [0.2, 0.25) is 5.91 Å². The zero-order valence-electron chi connectivity index (χ0n) is 12.0. The Morgan fingerprint density at radius 3 is 2.21 bits per heavy atom. The summed E-state index contributed by atoms with van der Waals surface area (Å²) in [6.07, 6.45) is 8.70. The van der Waals surface area contributed by atoms with Gasteiger partial charge in [-0.25, -0.2) is 0 Å². The lowest BCUT2D eigenvalue weighted by Gasteiger charge is -2.55. The van der Waals surface area contributed by atoms with E-state index in [1.165, 1.54) is 19.3 Å². The number of hydrogen-bond donors (Lipinski definition) is 2. The van der Waals surface area contributed by atoms with E-state index < -0.39 is 0 Å². The van der Waals surface area contributed by atoms with Gasteiger partial charge in [-0.2, -0.15) is 0 Å². The van der Waals surface area contributed by atoms with Gasteiger partial charge in [0.1, 0.15) is 0 Å². The van der Waals surface area contributed by atoms with E-state index in [2.05, 4.69) is 5.32 Å². The molecule has 19 heavy (non-hydrogen) atoms. The molecule has 0 spiro atoms. The Morgan fingerprint density at radius 2 is 1.74 bits per heavy atom. The molecule has 4 saturated carbocycles. The first-order chi connectivity index (χ1) is 9.11. The Kier molecular flexibility index (Phi) is 3.59. The van der Waals surface area contributed by atoms with Crippen LogP contribution in [0.15, 0.2) is 0 Å². The quantitative estimate of drug-likeness (QED) is 0.802. The van der Waals surface area contributed by atoms with Gasteiger partial charge in [0.25, 0.3) is 0 Å². The average Bonchev–Trinajstić information content (AvgIpc) is 2.36. The van der Waals surface area contributed by atoms with Crippen molar-refractivity contribution in [2.45, 2.75) is 64.4 Å². The van der Waals surface area contributed by atoms with E-state index in [4.69, 9.17) is 0 Å². The lowest BCUT2D eigenvalue weighted by Crippen LogP contribution is -2.53. The van der Waals surface area contributed by atoms with E-state index >= 15 is 0 Å². The maximum absolute atomic E-state index is 12.6. The molecule has 1 unspecified atom stereocenters. The van der Waals surface area contributed by atoms with E-state index in [1.807, 2.05) is 6.92 Å². The van der Waals surface area contributed by atoms with Gasteiger partial charge in [0.15, 0.2) is 0 Å². The number of aliphatic hydroxyl groups excluding tert-OH is 1. The highest BCUT2D eigenvalue weighted by molar-refractivity contribution is 5.83. The summed E-state index contributed by atoms with van der Waals surface area (Å²) in [5.74, 6) is 2.74. The summed E-state index contributed by atoms with van der Waals surface area (Å²) in [6.45, 7) is 2.61. The van der Waals surface area contributed by atoms with Gasteiger partial charge >= 0.3 is 0 Å². The fourth-order valence-electron chi connectivity index (χ4n) is 5.13. The second-order valence-corrected chi connectivity index (χ2v) is 7.30. The molecule has 108 valence electrons. The molecule has 2 N–H and O–H groups in total. The third kappa shape index (κ3) is 2.54. The predicted molar refractivity (Wildman–Crippen MR) is 74.5 cm³/mol. The Balaban J connectivity index is 1.57. The first-order valence-electron chi connectivity index (χ1n) is 8.07. The molecule has 0 aromatic heterocycles. The summed E-state index contributed by atoms with van der Waals surface area (Å²) >= 11 is 0. The van der Waals surface area contributed by atoms with E-state index in [0.29, 0.717) is 13.0 Å². The van der Waals surface area contributed by atoms with Crippen LogP contribution in [0.2, 0.25) is 0 Å². The molecule has 0 aromatic carbocycles. The van der Waals surface area contributed by atoms with Gasteiger partial charge in [-0.1, -0.05) is 6.92 Å². The Labute approximate surface area is 116 Å². The maximum atomic E-state index is 12.6. The number of carbonyl (C=O) groups excluding carboxylic acids is 1. The number of amides is 1. The lowest BCUT2D eigenvalue weighted by molar-refractivity contribution is -0.146. The van der Waals surface area contributed by atoms with Crippen molar-refractivity contribution >= 4 is 5.91 Å². The molecule has 3 nitrogen and oxygen atoms in total. The van der Waals surface area contributed by atoms with E-state index in [9.17, 15) is 9.90 Å².